The molecular formula is C16H16Br2N6. The second-order valence-electron chi connectivity index (χ2n) is 5.24. The van der Waals surface area contributed by atoms with Crippen molar-refractivity contribution in [2.45, 2.75) is 0 Å². The van der Waals surface area contributed by atoms with Crippen molar-refractivity contribution >= 4 is 43.2 Å². The SMILES string of the molecule is Brc1ccc(N=NN2CCN(N=Nc3ccc(Br)cc3)CC2)cc1. The quantitative estimate of drug-likeness (QED) is 0.574. The maximum atomic E-state index is 4.28. The first-order chi connectivity index (χ1) is 11.7. The van der Waals surface area contributed by atoms with Crippen LogP contribution in [0.15, 0.2) is 78.2 Å². The highest BCUT2D eigenvalue weighted by atomic mass is 79.9. The smallest absolute Gasteiger partial charge is 0.0875 e. The van der Waals surface area contributed by atoms with Crippen molar-refractivity contribution in [3.05, 3.63) is 57.5 Å². The van der Waals surface area contributed by atoms with E-state index in [9.17, 15) is 0 Å². The Morgan fingerprint density at radius 1 is 0.583 bits per heavy atom. The first-order valence-electron chi connectivity index (χ1n) is 7.53. The number of nitrogens with zero attached hydrogens (tertiary/aromatic N) is 6. The van der Waals surface area contributed by atoms with Crippen molar-refractivity contribution in [1.29, 1.82) is 0 Å². The number of halogens is 2. The molecule has 1 saturated heterocycles. The Balaban J connectivity index is 1.48. The van der Waals surface area contributed by atoms with Gasteiger partial charge in [-0.2, -0.15) is 0 Å². The third-order valence-electron chi connectivity index (χ3n) is 3.46. The molecule has 1 aliphatic rings. The molecule has 0 unspecified atom stereocenters. The van der Waals surface area contributed by atoms with Crippen LogP contribution in [0.5, 0.6) is 0 Å². The molecule has 0 saturated carbocycles. The molecule has 1 heterocycles. The summed E-state index contributed by atoms with van der Waals surface area (Å²) in [5, 5.41) is 21.0. The molecule has 2 aromatic rings. The normalized spacial score (nSPS) is 15.6. The van der Waals surface area contributed by atoms with E-state index >= 15 is 0 Å². The molecule has 2 aromatic carbocycles. The molecule has 0 atom stereocenters. The van der Waals surface area contributed by atoms with Gasteiger partial charge in [-0.05, 0) is 48.5 Å². The molecule has 124 valence electrons. The van der Waals surface area contributed by atoms with Crippen LogP contribution in [-0.4, -0.2) is 36.2 Å². The largest absolute Gasteiger partial charge is 0.275 e. The summed E-state index contributed by atoms with van der Waals surface area (Å²) in [6, 6.07) is 15.5. The van der Waals surface area contributed by atoms with Crippen LogP contribution >= 0.6 is 31.9 Å². The van der Waals surface area contributed by atoms with E-state index in [1.54, 1.807) is 0 Å². The lowest BCUT2D eigenvalue weighted by atomic mass is 10.3. The zero-order chi connectivity index (χ0) is 16.8. The molecule has 3 rings (SSSR count). The maximum Gasteiger partial charge on any atom is 0.0875 e. The third kappa shape index (κ3) is 5.10. The fourth-order valence-electron chi connectivity index (χ4n) is 2.11. The van der Waals surface area contributed by atoms with Crippen LogP contribution in [0.25, 0.3) is 0 Å². The zero-order valence-corrected chi connectivity index (χ0v) is 16.1. The standard InChI is InChI=1S/C16H16Br2N6/c17-13-1-5-15(6-2-13)19-21-23-9-11-24(12-10-23)22-20-16-7-3-14(18)4-8-16/h1-8H,9-12H2. The number of hydrogen-bond acceptors (Lipinski definition) is 4. The van der Waals surface area contributed by atoms with E-state index in [2.05, 4.69) is 52.5 Å². The molecule has 6 nitrogen and oxygen atoms in total. The average Bonchev–Trinajstić information content (AvgIpc) is 2.62. The maximum absolute atomic E-state index is 4.28. The molecule has 24 heavy (non-hydrogen) atoms. The van der Waals surface area contributed by atoms with Gasteiger partial charge in [-0.1, -0.05) is 42.3 Å². The number of benzene rings is 2. The molecule has 0 aliphatic carbocycles. The van der Waals surface area contributed by atoms with Gasteiger partial charge in [0.2, 0.25) is 0 Å². The van der Waals surface area contributed by atoms with Crippen LogP contribution < -0.4 is 0 Å². The Bertz CT molecular complexity index is 643. The van der Waals surface area contributed by atoms with Crippen LogP contribution in [0, 0.1) is 0 Å². The van der Waals surface area contributed by atoms with Crippen molar-refractivity contribution in [2.24, 2.45) is 20.7 Å². The molecule has 0 aromatic heterocycles. The van der Waals surface area contributed by atoms with E-state index in [4.69, 9.17) is 0 Å². The summed E-state index contributed by atoms with van der Waals surface area (Å²) in [5.74, 6) is 0. The van der Waals surface area contributed by atoms with Crippen LogP contribution in [0.3, 0.4) is 0 Å². The molecule has 0 amide bonds. The van der Waals surface area contributed by atoms with Crippen LogP contribution in [0.4, 0.5) is 11.4 Å². The third-order valence-corrected chi connectivity index (χ3v) is 4.52. The van der Waals surface area contributed by atoms with Gasteiger partial charge in [0.25, 0.3) is 0 Å². The second kappa shape index (κ2) is 8.34. The Labute approximate surface area is 157 Å². The van der Waals surface area contributed by atoms with Gasteiger partial charge in [0, 0.05) is 8.95 Å². The van der Waals surface area contributed by atoms with Crippen LogP contribution in [0.1, 0.15) is 0 Å². The van der Waals surface area contributed by atoms with Gasteiger partial charge >= 0.3 is 0 Å². The summed E-state index contributed by atoms with van der Waals surface area (Å²) in [5.41, 5.74) is 1.69. The van der Waals surface area contributed by atoms with Crippen molar-refractivity contribution in [3.63, 3.8) is 0 Å². The van der Waals surface area contributed by atoms with Crippen LogP contribution in [-0.2, 0) is 0 Å². The first kappa shape index (κ1) is 17.0. The van der Waals surface area contributed by atoms with Gasteiger partial charge in [-0.25, -0.2) is 0 Å². The summed E-state index contributed by atoms with van der Waals surface area (Å²) in [7, 11) is 0. The lowest BCUT2D eigenvalue weighted by molar-refractivity contribution is 0.126. The Kier molecular flexibility index (Phi) is 5.92. The van der Waals surface area contributed by atoms with Crippen LogP contribution in [0.2, 0.25) is 0 Å². The summed E-state index contributed by atoms with van der Waals surface area (Å²) >= 11 is 6.81. The molecule has 0 radical (unpaired) electrons. The topological polar surface area (TPSA) is 55.9 Å². The summed E-state index contributed by atoms with van der Waals surface area (Å²) in [6.45, 7) is 3.11. The minimum atomic E-state index is 0.777. The van der Waals surface area contributed by atoms with Crippen molar-refractivity contribution in [2.75, 3.05) is 26.2 Å². The number of rotatable bonds is 4. The van der Waals surface area contributed by atoms with Gasteiger partial charge in [0.15, 0.2) is 0 Å². The molecular weight excluding hydrogens is 436 g/mol. The molecule has 1 aliphatic heterocycles. The molecule has 0 bridgehead atoms. The molecule has 0 N–H and O–H groups in total. The number of hydrogen-bond donors (Lipinski definition) is 0. The molecule has 0 spiro atoms. The summed E-state index contributed by atoms with van der Waals surface area (Å²) in [4.78, 5) is 0. The van der Waals surface area contributed by atoms with E-state index in [0.717, 1.165) is 46.5 Å². The highest BCUT2D eigenvalue weighted by molar-refractivity contribution is 9.10. The van der Waals surface area contributed by atoms with Gasteiger partial charge < -0.3 is 0 Å². The van der Waals surface area contributed by atoms with E-state index in [1.165, 1.54) is 0 Å². The van der Waals surface area contributed by atoms with Gasteiger partial charge in [-0.3, -0.25) is 10.0 Å². The predicted molar refractivity (Wildman–Crippen MR) is 100 cm³/mol. The monoisotopic (exact) mass is 450 g/mol. The Morgan fingerprint density at radius 3 is 1.25 bits per heavy atom. The summed E-state index contributed by atoms with van der Waals surface area (Å²) in [6.07, 6.45) is 0. The summed E-state index contributed by atoms with van der Waals surface area (Å²) < 4.78 is 2.07. The number of piperazine rings is 1. The predicted octanol–water partition coefficient (Wildman–Crippen LogP) is 5.53. The Hall–Kier alpha value is -1.80. The van der Waals surface area contributed by atoms with Gasteiger partial charge in [0.05, 0.1) is 37.6 Å². The van der Waals surface area contributed by atoms with E-state index < -0.39 is 0 Å². The lowest BCUT2D eigenvalue weighted by Crippen LogP contribution is -2.40. The van der Waals surface area contributed by atoms with Crippen molar-refractivity contribution in [1.82, 2.24) is 10.0 Å². The fourth-order valence-corrected chi connectivity index (χ4v) is 2.64. The Morgan fingerprint density at radius 2 is 0.917 bits per heavy atom. The van der Waals surface area contributed by atoms with Crippen molar-refractivity contribution < 1.29 is 0 Å². The minimum Gasteiger partial charge on any atom is -0.275 e. The van der Waals surface area contributed by atoms with E-state index in [0.29, 0.717) is 0 Å². The van der Waals surface area contributed by atoms with E-state index in [-0.39, 0.29) is 0 Å². The van der Waals surface area contributed by atoms with Crippen molar-refractivity contribution in [3.8, 4) is 0 Å². The highest BCUT2D eigenvalue weighted by Crippen LogP contribution is 2.19. The molecule has 1 fully saturated rings. The lowest BCUT2D eigenvalue weighted by Gasteiger charge is -2.29. The fraction of sp³-hybridized carbons (Fsp3) is 0.250. The first-order valence-corrected chi connectivity index (χ1v) is 9.12. The average molecular weight is 452 g/mol. The second-order valence-corrected chi connectivity index (χ2v) is 7.07. The van der Waals surface area contributed by atoms with Gasteiger partial charge in [-0.15, -0.1) is 10.2 Å². The minimum absolute atomic E-state index is 0.777. The zero-order valence-electron chi connectivity index (χ0n) is 12.9. The molecule has 8 heteroatoms. The van der Waals surface area contributed by atoms with E-state index in [1.807, 2.05) is 58.5 Å². The van der Waals surface area contributed by atoms with Gasteiger partial charge in [0.1, 0.15) is 0 Å². The highest BCUT2D eigenvalue weighted by Gasteiger charge is 2.14.